The molecular formula is C48H101N3O12. The maximum absolute atomic E-state index is 6.49. The first-order chi connectivity index (χ1) is 30.7. The van der Waals surface area contributed by atoms with Gasteiger partial charge in [-0.15, -0.1) is 0 Å². The minimum absolute atomic E-state index is 0.0103. The van der Waals surface area contributed by atoms with Crippen LogP contribution in [0.1, 0.15) is 133 Å². The molecule has 0 aromatic heterocycles. The van der Waals surface area contributed by atoms with Gasteiger partial charge in [0.2, 0.25) is 0 Å². The molecule has 0 saturated carbocycles. The number of rotatable bonds is 50. The van der Waals surface area contributed by atoms with Crippen molar-refractivity contribution in [2.24, 2.45) is 23.1 Å². The Balaban J connectivity index is 5.79. The van der Waals surface area contributed by atoms with Gasteiger partial charge in [0.05, 0.1) is 115 Å². The summed E-state index contributed by atoms with van der Waals surface area (Å²) in [5.74, 6) is 0.500. The van der Waals surface area contributed by atoms with Gasteiger partial charge >= 0.3 is 0 Å². The highest BCUT2D eigenvalue weighted by atomic mass is 16.6. The second kappa shape index (κ2) is 45.2. The summed E-state index contributed by atoms with van der Waals surface area (Å²) >= 11 is 0. The highest BCUT2D eigenvalue weighted by Crippen LogP contribution is 2.13. The first kappa shape index (κ1) is 62.4. The van der Waals surface area contributed by atoms with E-state index in [0.717, 1.165) is 77.2 Å². The van der Waals surface area contributed by atoms with Gasteiger partial charge in [0.1, 0.15) is 12.2 Å². The summed E-state index contributed by atoms with van der Waals surface area (Å²) in [6.45, 7) is 28.0. The molecule has 0 rings (SSSR count). The van der Waals surface area contributed by atoms with Gasteiger partial charge in [-0.25, -0.2) is 0 Å². The summed E-state index contributed by atoms with van der Waals surface area (Å²) in [5, 5.41) is 0. The molecule has 63 heavy (non-hydrogen) atoms. The van der Waals surface area contributed by atoms with Crippen molar-refractivity contribution in [2.45, 2.75) is 188 Å². The average Bonchev–Trinajstić information content (AvgIpc) is 3.30. The number of nitrogens with two attached hydrogens (primary N) is 3. The van der Waals surface area contributed by atoms with Crippen LogP contribution in [-0.4, -0.2) is 174 Å². The Morgan fingerprint density at radius 2 is 0.492 bits per heavy atom. The van der Waals surface area contributed by atoms with Crippen molar-refractivity contribution in [2.75, 3.05) is 119 Å². The van der Waals surface area contributed by atoms with Gasteiger partial charge in [0, 0.05) is 26.4 Å². The van der Waals surface area contributed by atoms with Crippen LogP contribution in [0.15, 0.2) is 0 Å². The van der Waals surface area contributed by atoms with Gasteiger partial charge in [-0.3, -0.25) is 0 Å². The summed E-state index contributed by atoms with van der Waals surface area (Å²) < 4.78 is 74.8. The molecule has 0 amide bonds. The second-order valence-electron chi connectivity index (χ2n) is 16.6. The van der Waals surface area contributed by atoms with Crippen LogP contribution in [0.5, 0.6) is 0 Å². The van der Waals surface area contributed by atoms with E-state index in [0.29, 0.717) is 118 Å². The minimum Gasteiger partial charge on any atom is -0.376 e. The van der Waals surface area contributed by atoms with Gasteiger partial charge in [-0.05, 0) is 89.8 Å². The van der Waals surface area contributed by atoms with E-state index in [1.54, 1.807) is 0 Å². The van der Waals surface area contributed by atoms with Crippen LogP contribution >= 0.6 is 0 Å². The topological polar surface area (TPSA) is 189 Å². The lowest BCUT2D eigenvalue weighted by Crippen LogP contribution is -2.36. The predicted octanol–water partition coefficient (Wildman–Crippen LogP) is 6.47. The molecule has 10 unspecified atom stereocenters. The molecule has 10 atom stereocenters. The van der Waals surface area contributed by atoms with E-state index < -0.39 is 0 Å². The molecule has 6 N–H and O–H groups in total. The van der Waals surface area contributed by atoms with Crippen molar-refractivity contribution in [1.82, 2.24) is 0 Å². The fourth-order valence-corrected chi connectivity index (χ4v) is 5.90. The molecule has 0 aromatic rings. The molecule has 0 bridgehead atoms. The zero-order valence-corrected chi connectivity index (χ0v) is 41.9. The van der Waals surface area contributed by atoms with Crippen molar-refractivity contribution in [3.63, 3.8) is 0 Å². The largest absolute Gasteiger partial charge is 0.376 e. The third kappa shape index (κ3) is 35.2. The molecule has 0 aliphatic rings. The van der Waals surface area contributed by atoms with Gasteiger partial charge < -0.3 is 74.0 Å². The highest BCUT2D eigenvalue weighted by Gasteiger charge is 2.22. The third-order valence-corrected chi connectivity index (χ3v) is 11.0. The van der Waals surface area contributed by atoms with E-state index in [2.05, 4.69) is 62.3 Å². The zero-order chi connectivity index (χ0) is 46.8. The maximum atomic E-state index is 6.49. The minimum atomic E-state index is -0.358. The van der Waals surface area contributed by atoms with Crippen LogP contribution in [0, 0.1) is 5.92 Å². The third-order valence-electron chi connectivity index (χ3n) is 11.0. The number of ether oxygens (including phenoxy) is 12. The predicted molar refractivity (Wildman–Crippen MR) is 253 cm³/mol. The Hall–Kier alpha value is -0.600. The van der Waals surface area contributed by atoms with Gasteiger partial charge in [-0.1, -0.05) is 68.7 Å². The molecule has 0 aliphatic carbocycles. The smallest absolute Gasteiger partial charge is 0.104 e. The highest BCUT2D eigenvalue weighted by molar-refractivity contribution is 4.68. The van der Waals surface area contributed by atoms with Gasteiger partial charge in [0.15, 0.2) is 0 Å². The molecule has 0 fully saturated rings. The van der Waals surface area contributed by atoms with Crippen molar-refractivity contribution >= 4 is 0 Å². The molecule has 15 heteroatoms. The molecule has 0 aliphatic heterocycles. The first-order valence-electron chi connectivity index (χ1n) is 25.1. The molecule has 0 spiro atoms. The van der Waals surface area contributed by atoms with E-state index >= 15 is 0 Å². The van der Waals surface area contributed by atoms with E-state index in [9.17, 15) is 0 Å². The van der Waals surface area contributed by atoms with Crippen molar-refractivity contribution in [3.8, 4) is 0 Å². The van der Waals surface area contributed by atoms with E-state index in [4.69, 9.17) is 74.0 Å². The van der Waals surface area contributed by atoms with Crippen molar-refractivity contribution in [1.29, 1.82) is 0 Å². The van der Waals surface area contributed by atoms with Crippen LogP contribution < -0.4 is 17.2 Å². The van der Waals surface area contributed by atoms with Gasteiger partial charge in [-0.2, -0.15) is 0 Å². The second-order valence-corrected chi connectivity index (χ2v) is 16.6. The summed E-state index contributed by atoms with van der Waals surface area (Å²) in [5.41, 5.74) is 17.0. The Labute approximate surface area is 385 Å². The Morgan fingerprint density at radius 1 is 0.270 bits per heavy atom. The van der Waals surface area contributed by atoms with Crippen LogP contribution in [0.2, 0.25) is 0 Å². The molecule has 0 radical (unpaired) electrons. The van der Waals surface area contributed by atoms with Crippen LogP contribution in [-0.2, 0) is 56.8 Å². The molecular weight excluding hydrogens is 811 g/mol. The summed E-state index contributed by atoms with van der Waals surface area (Å²) in [6, 6.07) is 0. The molecule has 380 valence electrons. The van der Waals surface area contributed by atoms with Crippen LogP contribution in [0.25, 0.3) is 0 Å². The van der Waals surface area contributed by atoms with Crippen LogP contribution in [0.4, 0.5) is 0 Å². The van der Waals surface area contributed by atoms with E-state index in [1.807, 2.05) is 0 Å². The Kier molecular flexibility index (Phi) is 44.8. The van der Waals surface area contributed by atoms with Crippen LogP contribution in [0.3, 0.4) is 0 Å². The summed E-state index contributed by atoms with van der Waals surface area (Å²) in [4.78, 5) is 0. The lowest BCUT2D eigenvalue weighted by molar-refractivity contribution is -0.137. The summed E-state index contributed by atoms with van der Waals surface area (Å²) in [7, 11) is 0. The van der Waals surface area contributed by atoms with Crippen molar-refractivity contribution < 1.29 is 56.8 Å². The lowest BCUT2D eigenvalue weighted by atomic mass is 10.1. The Bertz CT molecular complexity index is 934. The lowest BCUT2D eigenvalue weighted by Gasteiger charge is -2.27. The summed E-state index contributed by atoms with van der Waals surface area (Å²) in [6.07, 6.45) is 8.48. The van der Waals surface area contributed by atoms with E-state index in [-0.39, 0.29) is 54.9 Å². The normalized spacial score (nSPS) is 17.0. The van der Waals surface area contributed by atoms with Gasteiger partial charge in [0.25, 0.3) is 0 Å². The monoisotopic (exact) mass is 912 g/mol. The molecule has 0 aromatic carbocycles. The average molecular weight is 912 g/mol. The maximum Gasteiger partial charge on any atom is 0.104 e. The molecule has 15 nitrogen and oxygen atoms in total. The molecule has 0 heterocycles. The molecule has 0 saturated heterocycles. The standard InChI is InChI=1S/C48H101N3O12/c1-10-39(9)27-58-40(11-2)28-52-30-47(62-37-45(16-7)60-35-43(14-5)56-25-19-22-50)32-54-33-48(63-38-46(17-8)61-36-44(15-6)57-26-20-23-51)31-53-29-41(12-3)59-34-42(13-4)55-24-18-21-49/h39-48H,10-38,49-51H2,1-9H3. The number of hydrogen-bond donors (Lipinski definition) is 3. The SMILES string of the molecule is CCC(C)COC(CC)COCC(COCC(COCC(CC)OCC(CC)OCCCN)OCC(CC)OCC(CC)OCCCN)OCC(CC)OCC(CC)OCCCN. The zero-order valence-electron chi connectivity index (χ0n) is 41.9. The van der Waals surface area contributed by atoms with E-state index in [1.165, 1.54) is 0 Å². The number of hydrogen-bond acceptors (Lipinski definition) is 15. The first-order valence-corrected chi connectivity index (χ1v) is 25.1. The van der Waals surface area contributed by atoms with Crippen molar-refractivity contribution in [3.05, 3.63) is 0 Å². The quantitative estimate of drug-likeness (QED) is 0.0564. The Morgan fingerprint density at radius 3 is 0.746 bits per heavy atom. The fourth-order valence-electron chi connectivity index (χ4n) is 5.90. The fraction of sp³-hybridized carbons (Fsp3) is 1.00.